The molecule has 0 bridgehead atoms. The van der Waals surface area contributed by atoms with Crippen molar-refractivity contribution >= 4 is 5.91 Å². The topological polar surface area (TPSA) is 71.4 Å². The summed E-state index contributed by atoms with van der Waals surface area (Å²) in [6.45, 7) is 3.61. The van der Waals surface area contributed by atoms with Crippen molar-refractivity contribution in [2.75, 3.05) is 33.0 Å². The molecule has 21 heavy (non-hydrogen) atoms. The summed E-state index contributed by atoms with van der Waals surface area (Å²) in [6.07, 6.45) is 1.87. The molecule has 1 N–H and O–H groups in total. The molecule has 112 valence electrons. The molecule has 0 unspecified atom stereocenters. The van der Waals surface area contributed by atoms with E-state index in [1.165, 1.54) is 0 Å². The predicted octanol–water partition coefficient (Wildman–Crippen LogP) is 1.73. The van der Waals surface area contributed by atoms with Crippen molar-refractivity contribution in [2.24, 2.45) is 5.92 Å². The van der Waals surface area contributed by atoms with Gasteiger partial charge in [0.2, 0.25) is 0 Å². The first-order valence-electron chi connectivity index (χ1n) is 7.23. The first-order valence-corrected chi connectivity index (χ1v) is 7.23. The molecule has 1 atom stereocenters. The highest BCUT2D eigenvalue weighted by Crippen LogP contribution is 2.12. The molecule has 0 saturated carbocycles. The van der Waals surface area contributed by atoms with Crippen molar-refractivity contribution in [3.63, 3.8) is 0 Å². The van der Waals surface area contributed by atoms with Crippen molar-refractivity contribution in [3.05, 3.63) is 35.4 Å². The second kappa shape index (κ2) is 8.40. The normalized spacial score (nSPS) is 17.4. The van der Waals surface area contributed by atoms with Crippen LogP contribution in [0, 0.1) is 17.2 Å². The highest BCUT2D eigenvalue weighted by molar-refractivity contribution is 5.94. The smallest absolute Gasteiger partial charge is 0.251 e. The molecule has 0 spiro atoms. The molecule has 0 aromatic heterocycles. The van der Waals surface area contributed by atoms with E-state index in [-0.39, 0.29) is 5.91 Å². The van der Waals surface area contributed by atoms with Crippen molar-refractivity contribution in [2.45, 2.75) is 12.8 Å². The predicted molar refractivity (Wildman–Crippen MR) is 77.9 cm³/mol. The summed E-state index contributed by atoms with van der Waals surface area (Å²) >= 11 is 0. The Morgan fingerprint density at radius 1 is 1.43 bits per heavy atom. The second-order valence-electron chi connectivity index (χ2n) is 5.10. The van der Waals surface area contributed by atoms with Gasteiger partial charge in [0.15, 0.2) is 0 Å². The number of nitriles is 1. The summed E-state index contributed by atoms with van der Waals surface area (Å²) in [5.41, 5.74) is 1.12. The van der Waals surface area contributed by atoms with Crippen LogP contribution in [0.2, 0.25) is 0 Å². The van der Waals surface area contributed by atoms with Gasteiger partial charge in [0.05, 0.1) is 24.8 Å². The molecule has 1 heterocycles. The van der Waals surface area contributed by atoms with E-state index < -0.39 is 0 Å². The van der Waals surface area contributed by atoms with E-state index in [4.69, 9.17) is 14.7 Å². The molecular weight excluding hydrogens is 268 g/mol. The molecular formula is C16H20N2O3. The lowest BCUT2D eigenvalue weighted by molar-refractivity contribution is 0.0853. The van der Waals surface area contributed by atoms with Crippen LogP contribution in [0.25, 0.3) is 0 Å². The molecule has 0 radical (unpaired) electrons. The standard InChI is InChI=1S/C16H20N2O3/c17-10-13-2-4-15(5-3-13)16(19)18-7-1-8-20-11-14-6-9-21-12-14/h2-5,14H,1,6-9,11-12H2,(H,18,19)/t14-/m0/s1. The van der Waals surface area contributed by atoms with Crippen LogP contribution >= 0.6 is 0 Å². The van der Waals surface area contributed by atoms with Gasteiger partial charge in [-0.2, -0.15) is 5.26 Å². The van der Waals surface area contributed by atoms with E-state index in [0.717, 1.165) is 32.7 Å². The van der Waals surface area contributed by atoms with Crippen LogP contribution in [-0.4, -0.2) is 38.9 Å². The third-order valence-corrected chi connectivity index (χ3v) is 3.40. The maximum Gasteiger partial charge on any atom is 0.251 e. The molecule has 2 rings (SSSR count). The maximum absolute atomic E-state index is 11.8. The Labute approximate surface area is 124 Å². The highest BCUT2D eigenvalue weighted by Gasteiger charge is 2.15. The molecule has 5 nitrogen and oxygen atoms in total. The molecule has 1 aromatic rings. The zero-order valence-corrected chi connectivity index (χ0v) is 12.0. The second-order valence-corrected chi connectivity index (χ2v) is 5.10. The van der Waals surface area contributed by atoms with E-state index in [0.29, 0.717) is 30.2 Å². The van der Waals surface area contributed by atoms with Crippen LogP contribution < -0.4 is 5.32 Å². The Bertz CT molecular complexity index is 487. The molecule has 5 heteroatoms. The number of amides is 1. The molecule has 1 saturated heterocycles. The van der Waals surface area contributed by atoms with Gasteiger partial charge in [-0.05, 0) is 37.1 Å². The average Bonchev–Trinajstić information content (AvgIpc) is 3.04. The Balaban J connectivity index is 1.57. The number of hydrogen-bond acceptors (Lipinski definition) is 4. The summed E-state index contributed by atoms with van der Waals surface area (Å²) in [5, 5.41) is 11.5. The monoisotopic (exact) mass is 288 g/mol. The van der Waals surface area contributed by atoms with E-state index >= 15 is 0 Å². The van der Waals surface area contributed by atoms with Gasteiger partial charge in [-0.1, -0.05) is 0 Å². The van der Waals surface area contributed by atoms with Gasteiger partial charge in [0.1, 0.15) is 0 Å². The quantitative estimate of drug-likeness (QED) is 0.776. The van der Waals surface area contributed by atoms with Gasteiger partial charge in [-0.25, -0.2) is 0 Å². The number of benzene rings is 1. The van der Waals surface area contributed by atoms with Crippen LogP contribution in [0.15, 0.2) is 24.3 Å². The Morgan fingerprint density at radius 3 is 2.90 bits per heavy atom. The maximum atomic E-state index is 11.8. The van der Waals surface area contributed by atoms with E-state index in [2.05, 4.69) is 5.32 Å². The van der Waals surface area contributed by atoms with Crippen LogP contribution in [0.1, 0.15) is 28.8 Å². The minimum atomic E-state index is -0.122. The van der Waals surface area contributed by atoms with Crippen molar-refractivity contribution in [3.8, 4) is 6.07 Å². The average molecular weight is 288 g/mol. The lowest BCUT2D eigenvalue weighted by Crippen LogP contribution is -2.25. The fourth-order valence-corrected chi connectivity index (χ4v) is 2.14. The number of nitrogens with zero attached hydrogens (tertiary/aromatic N) is 1. The van der Waals surface area contributed by atoms with E-state index in [9.17, 15) is 4.79 Å². The third-order valence-electron chi connectivity index (χ3n) is 3.40. The van der Waals surface area contributed by atoms with Gasteiger partial charge >= 0.3 is 0 Å². The van der Waals surface area contributed by atoms with Gasteiger partial charge in [-0.15, -0.1) is 0 Å². The Hall–Kier alpha value is -1.90. The van der Waals surface area contributed by atoms with Crippen molar-refractivity contribution < 1.29 is 14.3 Å². The fourth-order valence-electron chi connectivity index (χ4n) is 2.14. The number of carbonyl (C=O) groups is 1. The van der Waals surface area contributed by atoms with Crippen LogP contribution in [0.5, 0.6) is 0 Å². The highest BCUT2D eigenvalue weighted by atomic mass is 16.5. The minimum Gasteiger partial charge on any atom is -0.381 e. The largest absolute Gasteiger partial charge is 0.381 e. The van der Waals surface area contributed by atoms with Crippen molar-refractivity contribution in [1.29, 1.82) is 5.26 Å². The third kappa shape index (κ3) is 5.18. The summed E-state index contributed by atoms with van der Waals surface area (Å²) in [5.74, 6) is 0.405. The Kier molecular flexibility index (Phi) is 6.20. The minimum absolute atomic E-state index is 0.122. The van der Waals surface area contributed by atoms with Crippen LogP contribution in [0.3, 0.4) is 0 Å². The van der Waals surface area contributed by atoms with Gasteiger partial charge in [-0.3, -0.25) is 4.79 Å². The van der Waals surface area contributed by atoms with E-state index in [1.807, 2.05) is 6.07 Å². The molecule has 1 fully saturated rings. The van der Waals surface area contributed by atoms with Gasteiger partial charge < -0.3 is 14.8 Å². The zero-order chi connectivity index (χ0) is 14.9. The molecule has 1 aliphatic heterocycles. The summed E-state index contributed by atoms with van der Waals surface area (Å²) < 4.78 is 10.8. The molecule has 1 aromatic carbocycles. The van der Waals surface area contributed by atoms with Crippen molar-refractivity contribution in [1.82, 2.24) is 5.32 Å². The fraction of sp³-hybridized carbons (Fsp3) is 0.500. The number of ether oxygens (including phenoxy) is 2. The molecule has 1 amide bonds. The molecule has 1 aliphatic rings. The SMILES string of the molecule is N#Cc1ccc(C(=O)NCCCOC[C@@H]2CCOC2)cc1. The van der Waals surface area contributed by atoms with E-state index in [1.54, 1.807) is 24.3 Å². The van der Waals surface area contributed by atoms with Crippen LogP contribution in [0.4, 0.5) is 0 Å². The summed E-state index contributed by atoms with van der Waals surface area (Å²) in [6, 6.07) is 8.62. The number of hydrogen-bond donors (Lipinski definition) is 1. The first kappa shape index (κ1) is 15.5. The molecule has 0 aliphatic carbocycles. The zero-order valence-electron chi connectivity index (χ0n) is 12.0. The van der Waals surface area contributed by atoms with Gasteiger partial charge in [0, 0.05) is 31.2 Å². The first-order chi connectivity index (χ1) is 10.3. The summed E-state index contributed by atoms with van der Waals surface area (Å²) in [7, 11) is 0. The lowest BCUT2D eigenvalue weighted by atomic mass is 10.1. The lowest BCUT2D eigenvalue weighted by Gasteiger charge is -2.09. The number of nitrogens with one attached hydrogen (secondary N) is 1. The number of carbonyl (C=O) groups excluding carboxylic acids is 1. The van der Waals surface area contributed by atoms with Crippen LogP contribution in [-0.2, 0) is 9.47 Å². The van der Waals surface area contributed by atoms with Gasteiger partial charge in [0.25, 0.3) is 5.91 Å². The summed E-state index contributed by atoms with van der Waals surface area (Å²) in [4.78, 5) is 11.8. The Morgan fingerprint density at radius 2 is 2.24 bits per heavy atom. The number of rotatable bonds is 7.